The Morgan fingerprint density at radius 1 is 1.10 bits per heavy atom. The summed E-state index contributed by atoms with van der Waals surface area (Å²) in [7, 11) is -3.34. The minimum absolute atomic E-state index is 0.190. The number of amides is 1. The van der Waals surface area contributed by atoms with Gasteiger partial charge in [0.05, 0.1) is 4.90 Å². The Morgan fingerprint density at radius 3 is 2.38 bits per heavy atom. The first-order valence-corrected chi connectivity index (χ1v) is 8.40. The summed E-state index contributed by atoms with van der Waals surface area (Å²) in [5.41, 5.74) is 1.97. The van der Waals surface area contributed by atoms with Crippen LogP contribution in [-0.2, 0) is 16.4 Å². The van der Waals surface area contributed by atoms with Gasteiger partial charge in [-0.3, -0.25) is 4.79 Å². The van der Waals surface area contributed by atoms with Gasteiger partial charge in [-0.15, -0.1) is 0 Å². The van der Waals surface area contributed by atoms with Crippen molar-refractivity contribution in [3.8, 4) is 0 Å². The first-order chi connectivity index (χ1) is 9.88. The second-order valence-electron chi connectivity index (χ2n) is 4.92. The van der Waals surface area contributed by atoms with Crippen molar-refractivity contribution in [1.29, 1.82) is 0 Å². The normalized spacial score (nSPS) is 11.1. The van der Waals surface area contributed by atoms with Crippen molar-refractivity contribution in [2.45, 2.75) is 18.4 Å². The van der Waals surface area contributed by atoms with Crippen LogP contribution in [0.4, 0.5) is 0 Å². The monoisotopic (exact) mass is 303 g/mol. The molecule has 2 aromatic rings. The van der Waals surface area contributed by atoms with Gasteiger partial charge < -0.3 is 5.32 Å². The summed E-state index contributed by atoms with van der Waals surface area (Å²) in [5.74, 6) is -0.288. The van der Waals surface area contributed by atoms with E-state index in [1.54, 1.807) is 19.1 Å². The van der Waals surface area contributed by atoms with E-state index < -0.39 is 9.84 Å². The molecule has 0 unspecified atom stereocenters. The minimum Gasteiger partial charge on any atom is -0.348 e. The van der Waals surface area contributed by atoms with Crippen molar-refractivity contribution < 1.29 is 13.2 Å². The highest BCUT2D eigenvalue weighted by Crippen LogP contribution is 2.17. The molecule has 21 heavy (non-hydrogen) atoms. The molecule has 0 aliphatic heterocycles. The van der Waals surface area contributed by atoms with E-state index >= 15 is 0 Å². The van der Waals surface area contributed by atoms with E-state index in [0.29, 0.717) is 17.7 Å². The summed E-state index contributed by atoms with van der Waals surface area (Å²) in [6, 6.07) is 14.2. The van der Waals surface area contributed by atoms with E-state index in [4.69, 9.17) is 0 Å². The molecule has 0 radical (unpaired) electrons. The van der Waals surface area contributed by atoms with Gasteiger partial charge in [0.25, 0.3) is 5.91 Å². The SMILES string of the molecule is Cc1ccc(C(=O)NCc2ccccc2)cc1S(C)(=O)=O. The Bertz CT molecular complexity index is 752. The lowest BCUT2D eigenvalue weighted by Gasteiger charge is -2.08. The molecule has 0 aliphatic carbocycles. The van der Waals surface area contributed by atoms with Gasteiger partial charge >= 0.3 is 0 Å². The van der Waals surface area contributed by atoms with Crippen LogP contribution in [0.2, 0.25) is 0 Å². The molecule has 2 aromatic carbocycles. The summed E-state index contributed by atoms with van der Waals surface area (Å²) < 4.78 is 23.4. The Balaban J connectivity index is 2.17. The maximum atomic E-state index is 12.1. The van der Waals surface area contributed by atoms with Crippen LogP contribution < -0.4 is 5.32 Å². The summed E-state index contributed by atoms with van der Waals surface area (Å²) in [4.78, 5) is 12.3. The maximum Gasteiger partial charge on any atom is 0.251 e. The van der Waals surface area contributed by atoms with Gasteiger partial charge in [-0.25, -0.2) is 8.42 Å². The third-order valence-corrected chi connectivity index (χ3v) is 4.38. The Kier molecular flexibility index (Phi) is 4.43. The molecule has 0 spiro atoms. The molecule has 0 atom stereocenters. The van der Waals surface area contributed by atoms with E-state index in [2.05, 4.69) is 5.32 Å². The molecule has 0 heterocycles. The zero-order valence-corrected chi connectivity index (χ0v) is 12.8. The molecular formula is C16H17NO3S. The van der Waals surface area contributed by atoms with Crippen molar-refractivity contribution in [1.82, 2.24) is 5.32 Å². The van der Waals surface area contributed by atoms with Crippen molar-refractivity contribution in [2.75, 3.05) is 6.26 Å². The van der Waals surface area contributed by atoms with Gasteiger partial charge in [0.2, 0.25) is 0 Å². The van der Waals surface area contributed by atoms with Crippen molar-refractivity contribution in [3.63, 3.8) is 0 Å². The summed E-state index contributed by atoms with van der Waals surface area (Å²) in [6.45, 7) is 2.11. The Morgan fingerprint density at radius 2 is 1.76 bits per heavy atom. The third-order valence-electron chi connectivity index (χ3n) is 3.15. The topological polar surface area (TPSA) is 63.2 Å². The average molecular weight is 303 g/mol. The van der Waals surface area contributed by atoms with Crippen LogP contribution in [0.25, 0.3) is 0 Å². The van der Waals surface area contributed by atoms with Crippen LogP contribution in [-0.4, -0.2) is 20.6 Å². The number of carbonyl (C=O) groups excluding carboxylic acids is 1. The first kappa shape index (κ1) is 15.3. The predicted octanol–water partition coefficient (Wildman–Crippen LogP) is 2.33. The minimum atomic E-state index is -3.34. The second-order valence-corrected chi connectivity index (χ2v) is 6.90. The zero-order chi connectivity index (χ0) is 15.5. The van der Waals surface area contributed by atoms with Crippen LogP contribution in [0.3, 0.4) is 0 Å². The van der Waals surface area contributed by atoms with Crippen LogP contribution in [0.15, 0.2) is 53.4 Å². The second kappa shape index (κ2) is 6.10. The molecule has 1 N–H and O–H groups in total. The van der Waals surface area contributed by atoms with Crippen LogP contribution >= 0.6 is 0 Å². The zero-order valence-electron chi connectivity index (χ0n) is 12.0. The first-order valence-electron chi connectivity index (χ1n) is 6.51. The molecule has 0 bridgehead atoms. The van der Waals surface area contributed by atoms with Crippen LogP contribution in [0.5, 0.6) is 0 Å². The fourth-order valence-corrected chi connectivity index (χ4v) is 3.02. The molecule has 0 saturated carbocycles. The van der Waals surface area contributed by atoms with Gasteiger partial charge in [-0.1, -0.05) is 36.4 Å². The van der Waals surface area contributed by atoms with Gasteiger partial charge in [0.1, 0.15) is 0 Å². The molecule has 1 amide bonds. The third kappa shape index (κ3) is 3.92. The van der Waals surface area contributed by atoms with Crippen molar-refractivity contribution >= 4 is 15.7 Å². The lowest BCUT2D eigenvalue weighted by molar-refractivity contribution is 0.0950. The highest BCUT2D eigenvalue weighted by atomic mass is 32.2. The van der Waals surface area contributed by atoms with E-state index in [1.165, 1.54) is 6.07 Å². The quantitative estimate of drug-likeness (QED) is 0.943. The molecule has 0 fully saturated rings. The summed E-state index contributed by atoms with van der Waals surface area (Å²) in [5, 5.41) is 2.78. The molecule has 0 aliphatic rings. The predicted molar refractivity (Wildman–Crippen MR) is 81.9 cm³/mol. The van der Waals surface area contributed by atoms with E-state index in [-0.39, 0.29) is 10.8 Å². The van der Waals surface area contributed by atoms with Gasteiger partial charge in [0.15, 0.2) is 9.84 Å². The molecule has 4 nitrogen and oxygen atoms in total. The number of nitrogens with one attached hydrogen (secondary N) is 1. The van der Waals surface area contributed by atoms with Crippen LogP contribution in [0.1, 0.15) is 21.5 Å². The van der Waals surface area contributed by atoms with Crippen molar-refractivity contribution in [2.24, 2.45) is 0 Å². The van der Waals surface area contributed by atoms with E-state index in [1.807, 2.05) is 30.3 Å². The Hall–Kier alpha value is -2.14. The fourth-order valence-electron chi connectivity index (χ4n) is 2.02. The summed E-state index contributed by atoms with van der Waals surface area (Å²) >= 11 is 0. The number of benzene rings is 2. The lowest BCUT2D eigenvalue weighted by atomic mass is 10.1. The standard InChI is InChI=1S/C16H17NO3S/c1-12-8-9-14(10-15(12)21(2,19)20)16(18)17-11-13-6-4-3-5-7-13/h3-10H,11H2,1-2H3,(H,17,18). The highest BCUT2D eigenvalue weighted by Gasteiger charge is 2.14. The average Bonchev–Trinajstić information content (AvgIpc) is 2.45. The largest absolute Gasteiger partial charge is 0.348 e. The lowest BCUT2D eigenvalue weighted by Crippen LogP contribution is -2.23. The fraction of sp³-hybridized carbons (Fsp3) is 0.188. The molecule has 5 heteroatoms. The van der Waals surface area contributed by atoms with Gasteiger partial charge in [-0.2, -0.15) is 0 Å². The molecule has 2 rings (SSSR count). The van der Waals surface area contributed by atoms with E-state index in [0.717, 1.165) is 11.8 Å². The number of aryl methyl sites for hydroxylation is 1. The van der Waals surface area contributed by atoms with Gasteiger partial charge in [-0.05, 0) is 30.2 Å². The van der Waals surface area contributed by atoms with Crippen molar-refractivity contribution in [3.05, 3.63) is 65.2 Å². The van der Waals surface area contributed by atoms with Gasteiger partial charge in [0, 0.05) is 18.4 Å². The number of hydrogen-bond acceptors (Lipinski definition) is 3. The molecule has 110 valence electrons. The molecular weight excluding hydrogens is 286 g/mol. The number of carbonyl (C=O) groups is 1. The molecule has 0 saturated heterocycles. The number of sulfone groups is 1. The molecule has 0 aromatic heterocycles. The smallest absolute Gasteiger partial charge is 0.251 e. The van der Waals surface area contributed by atoms with Crippen LogP contribution in [0, 0.1) is 6.92 Å². The maximum absolute atomic E-state index is 12.1. The Labute approximate surface area is 124 Å². The number of hydrogen-bond donors (Lipinski definition) is 1. The number of rotatable bonds is 4. The van der Waals surface area contributed by atoms with E-state index in [9.17, 15) is 13.2 Å². The highest BCUT2D eigenvalue weighted by molar-refractivity contribution is 7.90. The summed E-state index contributed by atoms with van der Waals surface area (Å²) in [6.07, 6.45) is 1.14.